The second-order valence-electron chi connectivity index (χ2n) is 4.93. The van der Waals surface area contributed by atoms with E-state index in [2.05, 4.69) is 28.7 Å². The van der Waals surface area contributed by atoms with Gasteiger partial charge in [-0.2, -0.15) is 0 Å². The number of aryl methyl sites for hydroxylation is 1. The highest BCUT2D eigenvalue weighted by Gasteiger charge is 2.24. The summed E-state index contributed by atoms with van der Waals surface area (Å²) in [5.41, 5.74) is 8.38. The minimum Gasteiger partial charge on any atom is -0.352 e. The first kappa shape index (κ1) is 13.3. The highest BCUT2D eigenvalue weighted by atomic mass is 15.2. The standard InChI is InChI=1S/C14H24N4/c1-3-11(4-2)18(9-8-15)14-12-6-5-7-13(12)16-10-17-14/h10-11H,3-9,15H2,1-2H3. The van der Waals surface area contributed by atoms with E-state index in [0.29, 0.717) is 12.6 Å². The van der Waals surface area contributed by atoms with Crippen LogP contribution in [-0.2, 0) is 12.8 Å². The third-order valence-electron chi connectivity index (χ3n) is 3.88. The Morgan fingerprint density at radius 2 is 2.06 bits per heavy atom. The number of fused-ring (bicyclic) bond motifs is 1. The molecule has 18 heavy (non-hydrogen) atoms. The first-order valence-corrected chi connectivity index (χ1v) is 7.11. The van der Waals surface area contributed by atoms with Crippen LogP contribution >= 0.6 is 0 Å². The summed E-state index contributed by atoms with van der Waals surface area (Å²) in [5.74, 6) is 1.14. The lowest BCUT2D eigenvalue weighted by atomic mass is 10.1. The fourth-order valence-corrected chi connectivity index (χ4v) is 2.92. The maximum atomic E-state index is 5.77. The summed E-state index contributed by atoms with van der Waals surface area (Å²) in [6, 6.07) is 0.535. The molecular formula is C14H24N4. The second kappa shape index (κ2) is 6.14. The molecule has 0 fully saturated rings. The van der Waals surface area contributed by atoms with E-state index >= 15 is 0 Å². The fraction of sp³-hybridized carbons (Fsp3) is 0.714. The van der Waals surface area contributed by atoms with Crippen LogP contribution in [0.2, 0.25) is 0 Å². The van der Waals surface area contributed by atoms with E-state index in [1.807, 2.05) is 0 Å². The van der Waals surface area contributed by atoms with Gasteiger partial charge in [0.05, 0.1) is 0 Å². The van der Waals surface area contributed by atoms with Crippen molar-refractivity contribution in [1.29, 1.82) is 0 Å². The molecule has 4 heteroatoms. The van der Waals surface area contributed by atoms with Crippen LogP contribution in [-0.4, -0.2) is 29.1 Å². The van der Waals surface area contributed by atoms with Crippen molar-refractivity contribution in [2.45, 2.75) is 52.0 Å². The SMILES string of the molecule is CCC(CC)N(CCN)c1ncnc2c1CCC2. The normalized spacial score (nSPS) is 14.0. The van der Waals surface area contributed by atoms with Crippen molar-refractivity contribution < 1.29 is 0 Å². The Bertz CT molecular complexity index is 387. The fourth-order valence-electron chi connectivity index (χ4n) is 2.92. The molecule has 0 amide bonds. The van der Waals surface area contributed by atoms with Crippen LogP contribution in [0.4, 0.5) is 5.82 Å². The molecule has 2 N–H and O–H groups in total. The molecule has 0 unspecified atom stereocenters. The molecule has 1 aromatic rings. The van der Waals surface area contributed by atoms with Gasteiger partial charge in [-0.1, -0.05) is 13.8 Å². The Labute approximate surface area is 110 Å². The topological polar surface area (TPSA) is 55.0 Å². The van der Waals surface area contributed by atoms with Gasteiger partial charge in [0.2, 0.25) is 0 Å². The summed E-state index contributed by atoms with van der Waals surface area (Å²) in [4.78, 5) is 11.3. The monoisotopic (exact) mass is 248 g/mol. The maximum absolute atomic E-state index is 5.77. The first-order valence-electron chi connectivity index (χ1n) is 7.11. The Kier molecular flexibility index (Phi) is 4.53. The van der Waals surface area contributed by atoms with E-state index in [9.17, 15) is 0 Å². The van der Waals surface area contributed by atoms with E-state index < -0.39 is 0 Å². The van der Waals surface area contributed by atoms with Crippen molar-refractivity contribution in [2.24, 2.45) is 5.73 Å². The predicted molar refractivity (Wildman–Crippen MR) is 74.8 cm³/mol. The van der Waals surface area contributed by atoms with Crippen LogP contribution in [0.25, 0.3) is 0 Å². The average molecular weight is 248 g/mol. The zero-order chi connectivity index (χ0) is 13.0. The summed E-state index contributed by atoms with van der Waals surface area (Å²) in [5, 5.41) is 0. The molecule has 0 saturated heterocycles. The van der Waals surface area contributed by atoms with E-state index in [4.69, 9.17) is 5.73 Å². The van der Waals surface area contributed by atoms with Gasteiger partial charge in [0.15, 0.2) is 0 Å². The number of nitrogens with zero attached hydrogens (tertiary/aromatic N) is 3. The maximum Gasteiger partial charge on any atom is 0.135 e. The molecular weight excluding hydrogens is 224 g/mol. The molecule has 0 aliphatic heterocycles. The summed E-state index contributed by atoms with van der Waals surface area (Å²) in [7, 11) is 0. The van der Waals surface area contributed by atoms with Gasteiger partial charge in [-0.15, -0.1) is 0 Å². The molecule has 0 radical (unpaired) electrons. The van der Waals surface area contributed by atoms with Crippen molar-refractivity contribution in [3.63, 3.8) is 0 Å². The number of hydrogen-bond acceptors (Lipinski definition) is 4. The number of aromatic nitrogens is 2. The predicted octanol–water partition coefficient (Wildman–Crippen LogP) is 1.92. The van der Waals surface area contributed by atoms with Gasteiger partial charge >= 0.3 is 0 Å². The van der Waals surface area contributed by atoms with E-state index in [-0.39, 0.29) is 0 Å². The second-order valence-corrected chi connectivity index (χ2v) is 4.93. The molecule has 1 heterocycles. The van der Waals surface area contributed by atoms with Gasteiger partial charge in [0, 0.05) is 30.4 Å². The van der Waals surface area contributed by atoms with Crippen LogP contribution in [0.1, 0.15) is 44.4 Å². The van der Waals surface area contributed by atoms with Crippen molar-refractivity contribution in [3.8, 4) is 0 Å². The molecule has 0 saturated carbocycles. The minimum absolute atomic E-state index is 0.535. The molecule has 1 aliphatic carbocycles. The van der Waals surface area contributed by atoms with Gasteiger partial charge in [-0.3, -0.25) is 0 Å². The molecule has 0 atom stereocenters. The van der Waals surface area contributed by atoms with E-state index in [0.717, 1.165) is 38.0 Å². The van der Waals surface area contributed by atoms with Crippen molar-refractivity contribution >= 4 is 5.82 Å². The van der Waals surface area contributed by atoms with Crippen molar-refractivity contribution in [1.82, 2.24) is 9.97 Å². The van der Waals surface area contributed by atoms with Crippen LogP contribution in [0, 0.1) is 0 Å². The highest BCUT2D eigenvalue weighted by molar-refractivity contribution is 5.51. The lowest BCUT2D eigenvalue weighted by Crippen LogP contribution is -2.39. The molecule has 1 aromatic heterocycles. The Balaban J connectivity index is 2.33. The minimum atomic E-state index is 0.535. The summed E-state index contributed by atoms with van der Waals surface area (Å²) < 4.78 is 0. The van der Waals surface area contributed by atoms with Crippen LogP contribution in [0.15, 0.2) is 6.33 Å². The third kappa shape index (κ3) is 2.48. The number of rotatable bonds is 6. The lowest BCUT2D eigenvalue weighted by Gasteiger charge is -2.32. The molecule has 4 nitrogen and oxygen atoms in total. The highest BCUT2D eigenvalue weighted by Crippen LogP contribution is 2.29. The number of nitrogens with two attached hydrogens (primary N) is 1. The Hall–Kier alpha value is -1.16. The average Bonchev–Trinajstić information content (AvgIpc) is 2.87. The molecule has 0 aromatic carbocycles. The van der Waals surface area contributed by atoms with E-state index in [1.54, 1.807) is 6.33 Å². The van der Waals surface area contributed by atoms with Crippen LogP contribution < -0.4 is 10.6 Å². The van der Waals surface area contributed by atoms with Crippen LogP contribution in [0.3, 0.4) is 0 Å². The first-order chi connectivity index (χ1) is 8.81. The van der Waals surface area contributed by atoms with Gasteiger partial charge in [0.25, 0.3) is 0 Å². The van der Waals surface area contributed by atoms with Crippen molar-refractivity contribution in [3.05, 3.63) is 17.6 Å². The van der Waals surface area contributed by atoms with Gasteiger partial charge < -0.3 is 10.6 Å². The zero-order valence-corrected chi connectivity index (χ0v) is 11.5. The lowest BCUT2D eigenvalue weighted by molar-refractivity contribution is 0.552. The molecule has 0 bridgehead atoms. The van der Waals surface area contributed by atoms with Crippen LogP contribution in [0.5, 0.6) is 0 Å². The van der Waals surface area contributed by atoms with Gasteiger partial charge in [-0.25, -0.2) is 9.97 Å². The smallest absolute Gasteiger partial charge is 0.135 e. The van der Waals surface area contributed by atoms with Crippen molar-refractivity contribution in [2.75, 3.05) is 18.0 Å². The Morgan fingerprint density at radius 1 is 1.28 bits per heavy atom. The quantitative estimate of drug-likeness (QED) is 0.835. The number of anilines is 1. The van der Waals surface area contributed by atoms with E-state index in [1.165, 1.54) is 17.7 Å². The number of hydrogen-bond donors (Lipinski definition) is 1. The van der Waals surface area contributed by atoms with Gasteiger partial charge in [-0.05, 0) is 32.1 Å². The van der Waals surface area contributed by atoms with Gasteiger partial charge in [0.1, 0.15) is 12.1 Å². The summed E-state index contributed by atoms with van der Waals surface area (Å²) in [6.07, 6.45) is 7.41. The Morgan fingerprint density at radius 3 is 2.72 bits per heavy atom. The zero-order valence-electron chi connectivity index (χ0n) is 11.5. The third-order valence-corrected chi connectivity index (χ3v) is 3.88. The molecule has 2 rings (SSSR count). The molecule has 0 spiro atoms. The largest absolute Gasteiger partial charge is 0.352 e. The summed E-state index contributed by atoms with van der Waals surface area (Å²) in [6.45, 7) is 6.03. The summed E-state index contributed by atoms with van der Waals surface area (Å²) >= 11 is 0. The molecule has 1 aliphatic rings. The molecule has 100 valence electrons.